The van der Waals surface area contributed by atoms with E-state index in [4.69, 9.17) is 14.2 Å². The highest BCUT2D eigenvalue weighted by Crippen LogP contribution is 2.49. The van der Waals surface area contributed by atoms with Crippen LogP contribution in [0.4, 0.5) is 0 Å². The van der Waals surface area contributed by atoms with E-state index in [9.17, 15) is 10.2 Å². The zero-order chi connectivity index (χ0) is 19.0. The minimum Gasteiger partial charge on any atom is -0.504 e. The third kappa shape index (κ3) is 2.91. The van der Waals surface area contributed by atoms with Crippen molar-refractivity contribution in [2.24, 2.45) is 11.8 Å². The lowest BCUT2D eigenvalue weighted by atomic mass is 9.68. The number of phenols is 2. The minimum absolute atomic E-state index is 0.00642. The summed E-state index contributed by atoms with van der Waals surface area (Å²) in [6, 6.07) is 7.42. The van der Waals surface area contributed by atoms with Crippen LogP contribution in [0.15, 0.2) is 24.3 Å². The van der Waals surface area contributed by atoms with E-state index in [2.05, 4.69) is 13.8 Å². The fraction of sp³-hybridized carbons (Fsp3) is 0.429. The second kappa shape index (κ2) is 6.98. The molecular formula is C21H26O5. The molecule has 2 N–H and O–H groups in total. The van der Waals surface area contributed by atoms with Crippen molar-refractivity contribution in [3.63, 3.8) is 0 Å². The Bertz CT molecular complexity index is 789. The lowest BCUT2D eigenvalue weighted by Crippen LogP contribution is -2.26. The SMILES string of the molecule is COc1cc2c(cc1O)C(c1cc(OC)c(O)c(OC)c1)C(C)C(C)C2. The summed E-state index contributed by atoms with van der Waals surface area (Å²) >= 11 is 0. The molecule has 26 heavy (non-hydrogen) atoms. The van der Waals surface area contributed by atoms with E-state index in [0.717, 1.165) is 17.5 Å². The average molecular weight is 358 g/mol. The van der Waals surface area contributed by atoms with Crippen LogP contribution in [-0.2, 0) is 6.42 Å². The third-order valence-corrected chi connectivity index (χ3v) is 5.60. The van der Waals surface area contributed by atoms with Crippen LogP contribution in [0, 0.1) is 11.8 Å². The van der Waals surface area contributed by atoms with Gasteiger partial charge in [0, 0.05) is 5.92 Å². The van der Waals surface area contributed by atoms with Crippen LogP contribution in [0.2, 0.25) is 0 Å². The largest absolute Gasteiger partial charge is 0.504 e. The fourth-order valence-corrected chi connectivity index (χ4v) is 3.98. The van der Waals surface area contributed by atoms with E-state index in [-0.39, 0.29) is 17.4 Å². The number of fused-ring (bicyclic) bond motifs is 1. The van der Waals surface area contributed by atoms with Gasteiger partial charge in [0.15, 0.2) is 23.0 Å². The number of benzene rings is 2. The van der Waals surface area contributed by atoms with Crippen molar-refractivity contribution in [3.05, 3.63) is 41.0 Å². The number of hydrogen-bond acceptors (Lipinski definition) is 5. The van der Waals surface area contributed by atoms with Crippen LogP contribution in [0.1, 0.15) is 36.5 Å². The first-order chi connectivity index (χ1) is 12.4. The Morgan fingerprint density at radius 2 is 1.42 bits per heavy atom. The first kappa shape index (κ1) is 18.2. The smallest absolute Gasteiger partial charge is 0.200 e. The van der Waals surface area contributed by atoms with Gasteiger partial charge in [0.25, 0.3) is 0 Å². The van der Waals surface area contributed by atoms with Crippen LogP contribution < -0.4 is 14.2 Å². The molecule has 1 aliphatic rings. The van der Waals surface area contributed by atoms with Gasteiger partial charge >= 0.3 is 0 Å². The molecule has 0 saturated carbocycles. The first-order valence-electron chi connectivity index (χ1n) is 8.75. The fourth-order valence-electron chi connectivity index (χ4n) is 3.98. The van der Waals surface area contributed by atoms with Gasteiger partial charge in [-0.05, 0) is 59.2 Å². The number of hydrogen-bond donors (Lipinski definition) is 2. The van der Waals surface area contributed by atoms with Gasteiger partial charge in [-0.25, -0.2) is 0 Å². The predicted molar refractivity (Wildman–Crippen MR) is 99.7 cm³/mol. The van der Waals surface area contributed by atoms with Crippen molar-refractivity contribution in [1.29, 1.82) is 0 Å². The number of phenolic OH excluding ortho intramolecular Hbond substituents is 2. The number of rotatable bonds is 4. The highest BCUT2D eigenvalue weighted by molar-refractivity contribution is 5.57. The van der Waals surface area contributed by atoms with Gasteiger partial charge in [0.1, 0.15) is 0 Å². The molecule has 3 rings (SSSR count). The molecule has 0 spiro atoms. The van der Waals surface area contributed by atoms with Crippen molar-refractivity contribution in [3.8, 4) is 28.7 Å². The molecule has 3 atom stereocenters. The summed E-state index contributed by atoms with van der Waals surface area (Å²) in [5, 5.41) is 20.5. The summed E-state index contributed by atoms with van der Waals surface area (Å²) in [7, 11) is 4.61. The van der Waals surface area contributed by atoms with Crippen LogP contribution >= 0.6 is 0 Å². The lowest BCUT2D eigenvalue weighted by molar-refractivity contribution is 0.315. The van der Waals surface area contributed by atoms with Gasteiger partial charge in [-0.2, -0.15) is 0 Å². The maximum absolute atomic E-state index is 10.3. The quantitative estimate of drug-likeness (QED) is 0.862. The van der Waals surface area contributed by atoms with Gasteiger partial charge < -0.3 is 24.4 Å². The maximum Gasteiger partial charge on any atom is 0.200 e. The molecular weight excluding hydrogens is 332 g/mol. The summed E-state index contributed by atoms with van der Waals surface area (Å²) in [6.07, 6.45) is 0.927. The van der Waals surface area contributed by atoms with Gasteiger partial charge in [-0.3, -0.25) is 0 Å². The van der Waals surface area contributed by atoms with E-state index in [0.29, 0.717) is 29.1 Å². The molecule has 0 amide bonds. The summed E-state index contributed by atoms with van der Waals surface area (Å²) in [5.74, 6) is 2.22. The number of methoxy groups -OCH3 is 3. The molecule has 0 aromatic heterocycles. The van der Waals surface area contributed by atoms with Gasteiger partial charge in [0.2, 0.25) is 5.75 Å². The molecule has 3 unspecified atom stereocenters. The molecule has 0 radical (unpaired) electrons. The van der Waals surface area contributed by atoms with E-state index in [1.807, 2.05) is 18.2 Å². The molecule has 0 saturated heterocycles. The Morgan fingerprint density at radius 1 is 0.846 bits per heavy atom. The second-order valence-electron chi connectivity index (χ2n) is 7.02. The molecule has 0 heterocycles. The van der Waals surface area contributed by atoms with Crippen molar-refractivity contribution in [2.75, 3.05) is 21.3 Å². The Morgan fingerprint density at radius 3 is 1.96 bits per heavy atom. The molecule has 0 bridgehead atoms. The van der Waals surface area contributed by atoms with Crippen LogP contribution in [0.25, 0.3) is 0 Å². The zero-order valence-electron chi connectivity index (χ0n) is 15.9. The molecule has 1 aliphatic carbocycles. The normalized spacial score (nSPS) is 21.8. The molecule has 0 aliphatic heterocycles. The number of aromatic hydroxyl groups is 2. The molecule has 2 aromatic rings. The molecule has 0 fully saturated rings. The highest BCUT2D eigenvalue weighted by atomic mass is 16.5. The van der Waals surface area contributed by atoms with Crippen molar-refractivity contribution in [2.45, 2.75) is 26.2 Å². The van der Waals surface area contributed by atoms with Crippen molar-refractivity contribution < 1.29 is 24.4 Å². The molecule has 5 nitrogen and oxygen atoms in total. The minimum atomic E-state index is -0.00642. The monoisotopic (exact) mass is 358 g/mol. The van der Waals surface area contributed by atoms with E-state index < -0.39 is 0 Å². The molecule has 5 heteroatoms. The van der Waals surface area contributed by atoms with Crippen LogP contribution in [-0.4, -0.2) is 31.5 Å². The Kier molecular flexibility index (Phi) is 4.90. The van der Waals surface area contributed by atoms with E-state index in [1.165, 1.54) is 19.8 Å². The summed E-state index contributed by atoms with van der Waals surface area (Å²) in [6.45, 7) is 4.44. The number of ether oxygens (including phenoxy) is 3. The van der Waals surface area contributed by atoms with Crippen LogP contribution in [0.3, 0.4) is 0 Å². The topological polar surface area (TPSA) is 68.2 Å². The molecule has 140 valence electrons. The highest BCUT2D eigenvalue weighted by Gasteiger charge is 2.34. The van der Waals surface area contributed by atoms with Gasteiger partial charge in [-0.1, -0.05) is 13.8 Å². The average Bonchev–Trinajstić information content (AvgIpc) is 2.63. The zero-order valence-corrected chi connectivity index (χ0v) is 15.9. The Labute approximate surface area is 154 Å². The van der Waals surface area contributed by atoms with Crippen molar-refractivity contribution in [1.82, 2.24) is 0 Å². The third-order valence-electron chi connectivity index (χ3n) is 5.60. The summed E-state index contributed by atoms with van der Waals surface area (Å²) < 4.78 is 15.9. The standard InChI is InChI=1S/C21H26O5/c1-11-6-13-7-17(24-3)16(22)10-15(13)20(12(11)2)14-8-18(25-4)21(23)19(9-14)26-5/h7-12,20,22-23H,6H2,1-5H3. The Hall–Kier alpha value is -2.56. The molecule has 2 aromatic carbocycles. The van der Waals surface area contributed by atoms with Gasteiger partial charge in [-0.15, -0.1) is 0 Å². The van der Waals surface area contributed by atoms with E-state index in [1.54, 1.807) is 13.2 Å². The first-order valence-corrected chi connectivity index (χ1v) is 8.75. The lowest BCUT2D eigenvalue weighted by Gasteiger charge is -2.37. The van der Waals surface area contributed by atoms with E-state index >= 15 is 0 Å². The maximum atomic E-state index is 10.3. The van der Waals surface area contributed by atoms with Crippen LogP contribution in [0.5, 0.6) is 28.7 Å². The predicted octanol–water partition coefficient (Wildman–Crippen LogP) is 4.08. The van der Waals surface area contributed by atoms with Gasteiger partial charge in [0.05, 0.1) is 21.3 Å². The summed E-state index contributed by atoms with van der Waals surface area (Å²) in [4.78, 5) is 0. The van der Waals surface area contributed by atoms with Crippen molar-refractivity contribution >= 4 is 0 Å². The Balaban J connectivity index is 2.20. The summed E-state index contributed by atoms with van der Waals surface area (Å²) in [5.41, 5.74) is 3.23. The second-order valence-corrected chi connectivity index (χ2v) is 7.02.